The maximum Gasteiger partial charge on any atom is 0.274 e. The highest BCUT2D eigenvalue weighted by Crippen LogP contribution is 2.23. The van der Waals surface area contributed by atoms with E-state index < -0.39 is 5.91 Å². The van der Waals surface area contributed by atoms with Crippen LogP contribution in [0, 0.1) is 11.3 Å². The summed E-state index contributed by atoms with van der Waals surface area (Å²) in [5.41, 5.74) is 3.91. The predicted octanol–water partition coefficient (Wildman–Crippen LogP) is 2.14. The maximum absolute atomic E-state index is 12.1. The Labute approximate surface area is 120 Å². The number of carbonyl (C=O) groups is 1. The Morgan fingerprint density at radius 1 is 1.35 bits per heavy atom. The molecule has 1 amide bonds. The molecule has 0 aliphatic carbocycles. The van der Waals surface area contributed by atoms with Gasteiger partial charge >= 0.3 is 0 Å². The van der Waals surface area contributed by atoms with Gasteiger partial charge in [-0.05, 0) is 30.3 Å². The molecule has 0 aliphatic heterocycles. The van der Waals surface area contributed by atoms with E-state index >= 15 is 0 Å². The molecule has 0 saturated carbocycles. The second kappa shape index (κ2) is 6.02. The first-order valence-corrected chi connectivity index (χ1v) is 5.95. The van der Waals surface area contributed by atoms with Crippen LogP contribution in [-0.4, -0.2) is 10.9 Å². The number of nitrogen functional groups attached to an aromatic ring is 1. The zero-order valence-corrected chi connectivity index (χ0v) is 11.0. The zero-order chi connectivity index (χ0) is 14.5. The molecule has 100 valence electrons. The molecular weight excluding hydrogens is 278 g/mol. The van der Waals surface area contributed by atoms with Gasteiger partial charge in [-0.25, -0.2) is 0 Å². The van der Waals surface area contributed by atoms with E-state index in [1.807, 2.05) is 6.07 Å². The summed E-state index contributed by atoms with van der Waals surface area (Å²) < 4.78 is 0. The average Bonchev–Trinajstić information content (AvgIpc) is 2.49. The highest BCUT2D eigenvalue weighted by atomic mass is 35.5. The molecule has 4 N–H and O–H groups in total. The van der Waals surface area contributed by atoms with Crippen LogP contribution in [0.15, 0.2) is 36.5 Å². The Kier molecular flexibility index (Phi) is 4.15. The number of halogens is 1. The van der Waals surface area contributed by atoms with Crippen LogP contribution in [0.1, 0.15) is 16.1 Å². The SMILES string of the molecule is N#Cc1ccc(Cl)c(NC(=O)c2cc(NN)ccn2)c1. The fourth-order valence-electron chi connectivity index (χ4n) is 1.52. The van der Waals surface area contributed by atoms with Gasteiger partial charge in [-0.2, -0.15) is 5.26 Å². The Hall–Kier alpha value is -2.62. The molecule has 20 heavy (non-hydrogen) atoms. The van der Waals surface area contributed by atoms with Crippen molar-refractivity contribution in [2.75, 3.05) is 10.7 Å². The third kappa shape index (κ3) is 3.03. The second-order valence-corrected chi connectivity index (χ2v) is 4.24. The second-order valence-electron chi connectivity index (χ2n) is 3.83. The number of hydrogen-bond donors (Lipinski definition) is 3. The van der Waals surface area contributed by atoms with Crippen molar-refractivity contribution in [3.63, 3.8) is 0 Å². The standard InChI is InChI=1S/C13H10ClN5O/c14-10-2-1-8(7-15)5-11(10)18-13(20)12-6-9(19-16)3-4-17-12/h1-6H,16H2,(H,17,19)(H,18,20). The third-order valence-electron chi connectivity index (χ3n) is 2.50. The van der Waals surface area contributed by atoms with Crippen molar-refractivity contribution >= 4 is 28.9 Å². The van der Waals surface area contributed by atoms with Gasteiger partial charge in [0.2, 0.25) is 0 Å². The van der Waals surface area contributed by atoms with Crippen molar-refractivity contribution in [3.05, 3.63) is 52.8 Å². The molecule has 1 aromatic heterocycles. The van der Waals surface area contributed by atoms with Crippen LogP contribution >= 0.6 is 11.6 Å². The number of benzene rings is 1. The summed E-state index contributed by atoms with van der Waals surface area (Å²) >= 11 is 5.97. The summed E-state index contributed by atoms with van der Waals surface area (Å²) in [5, 5.41) is 11.8. The number of carbonyl (C=O) groups excluding carboxylic acids is 1. The molecule has 2 rings (SSSR count). The molecule has 0 unspecified atom stereocenters. The van der Waals surface area contributed by atoms with Gasteiger partial charge in [-0.3, -0.25) is 15.6 Å². The quantitative estimate of drug-likeness (QED) is 0.593. The summed E-state index contributed by atoms with van der Waals surface area (Å²) in [4.78, 5) is 16.0. The minimum atomic E-state index is -0.445. The Morgan fingerprint density at radius 3 is 2.85 bits per heavy atom. The molecular formula is C13H10ClN5O. The van der Waals surface area contributed by atoms with Crippen LogP contribution in [0.25, 0.3) is 0 Å². The summed E-state index contributed by atoms with van der Waals surface area (Å²) in [6.07, 6.45) is 1.46. The molecule has 0 saturated heterocycles. The van der Waals surface area contributed by atoms with E-state index in [-0.39, 0.29) is 5.69 Å². The number of amides is 1. The van der Waals surface area contributed by atoms with E-state index in [1.54, 1.807) is 18.2 Å². The minimum Gasteiger partial charge on any atom is -0.324 e. The van der Waals surface area contributed by atoms with Gasteiger partial charge in [0.15, 0.2) is 0 Å². The third-order valence-corrected chi connectivity index (χ3v) is 2.83. The molecule has 0 spiro atoms. The van der Waals surface area contributed by atoms with E-state index in [9.17, 15) is 4.79 Å². The van der Waals surface area contributed by atoms with E-state index in [0.29, 0.717) is 22.0 Å². The summed E-state index contributed by atoms with van der Waals surface area (Å²) in [5.74, 6) is 4.82. The lowest BCUT2D eigenvalue weighted by Crippen LogP contribution is -2.15. The van der Waals surface area contributed by atoms with E-state index in [4.69, 9.17) is 22.7 Å². The van der Waals surface area contributed by atoms with Crippen LogP contribution in [0.2, 0.25) is 5.02 Å². The summed E-state index contributed by atoms with van der Waals surface area (Å²) in [6.45, 7) is 0. The van der Waals surface area contributed by atoms with Crippen LogP contribution in [-0.2, 0) is 0 Å². The smallest absolute Gasteiger partial charge is 0.274 e. The average molecular weight is 288 g/mol. The van der Waals surface area contributed by atoms with E-state index in [0.717, 1.165) is 0 Å². The fourth-order valence-corrected chi connectivity index (χ4v) is 1.69. The normalized spacial score (nSPS) is 9.65. The minimum absolute atomic E-state index is 0.180. The van der Waals surface area contributed by atoms with E-state index in [2.05, 4.69) is 15.7 Å². The molecule has 7 heteroatoms. The molecule has 0 bridgehead atoms. The number of aromatic nitrogens is 1. The number of nitrogens with one attached hydrogen (secondary N) is 2. The number of anilines is 2. The lowest BCUT2D eigenvalue weighted by molar-refractivity contribution is 0.102. The Bertz CT molecular complexity index is 695. The number of pyridine rings is 1. The maximum atomic E-state index is 12.1. The number of nitriles is 1. The molecule has 6 nitrogen and oxygen atoms in total. The highest BCUT2D eigenvalue weighted by Gasteiger charge is 2.11. The van der Waals surface area contributed by atoms with Crippen LogP contribution < -0.4 is 16.6 Å². The number of hydrogen-bond acceptors (Lipinski definition) is 5. The van der Waals surface area contributed by atoms with Gasteiger partial charge in [-0.1, -0.05) is 11.6 Å². The van der Waals surface area contributed by atoms with Crippen LogP contribution in [0.3, 0.4) is 0 Å². The van der Waals surface area contributed by atoms with Crippen molar-refractivity contribution in [1.29, 1.82) is 5.26 Å². The predicted molar refractivity (Wildman–Crippen MR) is 76.2 cm³/mol. The zero-order valence-electron chi connectivity index (χ0n) is 10.2. The van der Waals surface area contributed by atoms with Crippen molar-refractivity contribution in [1.82, 2.24) is 4.98 Å². The van der Waals surface area contributed by atoms with Gasteiger partial charge in [0.25, 0.3) is 5.91 Å². The van der Waals surface area contributed by atoms with Gasteiger partial charge in [-0.15, -0.1) is 0 Å². The first-order chi connectivity index (χ1) is 9.63. The molecule has 2 aromatic rings. The topological polar surface area (TPSA) is 104 Å². The van der Waals surface area contributed by atoms with E-state index in [1.165, 1.54) is 18.3 Å². The number of nitrogens with two attached hydrogens (primary N) is 1. The first kappa shape index (κ1) is 13.8. The first-order valence-electron chi connectivity index (χ1n) is 5.57. The molecule has 0 atom stereocenters. The van der Waals surface area contributed by atoms with Gasteiger partial charge < -0.3 is 10.7 Å². The van der Waals surface area contributed by atoms with Crippen LogP contribution in [0.4, 0.5) is 11.4 Å². The van der Waals surface area contributed by atoms with Crippen molar-refractivity contribution < 1.29 is 4.79 Å². The van der Waals surface area contributed by atoms with Crippen molar-refractivity contribution in [2.24, 2.45) is 5.84 Å². The van der Waals surface area contributed by atoms with Crippen molar-refractivity contribution in [2.45, 2.75) is 0 Å². The molecule has 0 aliphatic rings. The Balaban J connectivity index is 2.25. The molecule has 1 heterocycles. The molecule has 0 fully saturated rings. The molecule has 1 aromatic carbocycles. The summed E-state index contributed by atoms with van der Waals surface area (Å²) in [7, 11) is 0. The van der Waals surface area contributed by atoms with Gasteiger partial charge in [0.05, 0.1) is 28.0 Å². The lowest BCUT2D eigenvalue weighted by Gasteiger charge is -2.08. The summed E-state index contributed by atoms with van der Waals surface area (Å²) in [6, 6.07) is 9.69. The fraction of sp³-hybridized carbons (Fsp3) is 0. The van der Waals surface area contributed by atoms with Crippen molar-refractivity contribution in [3.8, 4) is 6.07 Å². The number of nitrogens with zero attached hydrogens (tertiary/aromatic N) is 2. The van der Waals surface area contributed by atoms with Crippen LogP contribution in [0.5, 0.6) is 0 Å². The monoisotopic (exact) mass is 287 g/mol. The molecule has 0 radical (unpaired) electrons. The highest BCUT2D eigenvalue weighted by molar-refractivity contribution is 6.34. The Morgan fingerprint density at radius 2 is 2.15 bits per heavy atom. The van der Waals surface area contributed by atoms with Gasteiger partial charge in [0, 0.05) is 6.20 Å². The van der Waals surface area contributed by atoms with Gasteiger partial charge in [0.1, 0.15) is 5.69 Å². The number of rotatable bonds is 3. The largest absolute Gasteiger partial charge is 0.324 e. The lowest BCUT2D eigenvalue weighted by atomic mass is 10.2. The number of hydrazine groups is 1.